The van der Waals surface area contributed by atoms with Gasteiger partial charge in [-0.1, -0.05) is 49.7 Å². The number of hydroxylamine groups is 1. The molecule has 3 unspecified atom stereocenters. The van der Waals surface area contributed by atoms with Gasteiger partial charge >= 0.3 is 0 Å². The maximum Gasteiger partial charge on any atom is 0.266 e. The minimum atomic E-state index is -0.810. The lowest BCUT2D eigenvalue weighted by Crippen LogP contribution is -2.41. The molecule has 2 heterocycles. The number of imide groups is 1. The molecule has 2 aliphatic heterocycles. The summed E-state index contributed by atoms with van der Waals surface area (Å²) in [6, 6.07) is 14.7. The van der Waals surface area contributed by atoms with Crippen molar-refractivity contribution in [2.24, 2.45) is 11.8 Å². The number of hydrogen-bond donors (Lipinski definition) is 0. The summed E-state index contributed by atoms with van der Waals surface area (Å²) in [6.07, 6.45) is -0.0629. The molecule has 0 bridgehead atoms. The van der Waals surface area contributed by atoms with Crippen LogP contribution in [0.4, 0.5) is 11.4 Å². The molecule has 28 heavy (non-hydrogen) atoms. The summed E-state index contributed by atoms with van der Waals surface area (Å²) in [4.78, 5) is 33.9. The number of amides is 2. The van der Waals surface area contributed by atoms with E-state index in [4.69, 9.17) is 16.4 Å². The molecule has 146 valence electrons. The molecule has 2 aliphatic rings. The minimum absolute atomic E-state index is 0.201. The van der Waals surface area contributed by atoms with E-state index in [0.29, 0.717) is 22.2 Å². The van der Waals surface area contributed by atoms with Gasteiger partial charge in [0.1, 0.15) is 0 Å². The molecular weight excluding hydrogens is 376 g/mol. The van der Waals surface area contributed by atoms with E-state index < -0.39 is 12.0 Å². The Balaban J connectivity index is 1.72. The summed E-state index contributed by atoms with van der Waals surface area (Å²) in [6.45, 7) is 6.03. The molecule has 0 saturated carbocycles. The predicted molar refractivity (Wildman–Crippen MR) is 109 cm³/mol. The van der Waals surface area contributed by atoms with Crippen LogP contribution in [0.1, 0.15) is 25.8 Å². The van der Waals surface area contributed by atoms with Crippen LogP contribution in [0, 0.1) is 18.8 Å². The van der Waals surface area contributed by atoms with Crippen LogP contribution in [0.3, 0.4) is 0 Å². The monoisotopic (exact) mass is 398 g/mol. The first kappa shape index (κ1) is 19.0. The number of rotatable bonds is 4. The van der Waals surface area contributed by atoms with Crippen molar-refractivity contribution in [1.29, 1.82) is 0 Å². The van der Waals surface area contributed by atoms with Gasteiger partial charge in [-0.2, -0.15) is 0 Å². The number of carbonyl (C=O) groups is 2. The highest BCUT2D eigenvalue weighted by molar-refractivity contribution is 6.32. The molecule has 0 radical (unpaired) electrons. The van der Waals surface area contributed by atoms with Crippen molar-refractivity contribution in [3.8, 4) is 0 Å². The number of benzene rings is 2. The Morgan fingerprint density at radius 2 is 1.75 bits per heavy atom. The van der Waals surface area contributed by atoms with E-state index in [9.17, 15) is 9.59 Å². The summed E-state index contributed by atoms with van der Waals surface area (Å²) in [7, 11) is 0. The zero-order valence-electron chi connectivity index (χ0n) is 16.1. The van der Waals surface area contributed by atoms with Gasteiger partial charge in [0.25, 0.3) is 5.91 Å². The molecule has 0 spiro atoms. The summed E-state index contributed by atoms with van der Waals surface area (Å²) >= 11 is 6.22. The molecule has 2 aromatic carbocycles. The summed E-state index contributed by atoms with van der Waals surface area (Å²) in [5, 5.41) is 2.29. The van der Waals surface area contributed by atoms with E-state index in [1.54, 1.807) is 23.3 Å². The number of fused-ring (bicyclic) bond motifs is 1. The third kappa shape index (κ3) is 2.99. The van der Waals surface area contributed by atoms with E-state index in [2.05, 4.69) is 13.8 Å². The van der Waals surface area contributed by atoms with Crippen molar-refractivity contribution in [2.45, 2.75) is 39.3 Å². The van der Waals surface area contributed by atoms with Gasteiger partial charge in [-0.15, -0.1) is 0 Å². The van der Waals surface area contributed by atoms with Crippen LogP contribution in [0.25, 0.3) is 0 Å². The van der Waals surface area contributed by atoms with Gasteiger partial charge in [0, 0.05) is 5.02 Å². The van der Waals surface area contributed by atoms with Crippen LogP contribution in [-0.2, 0) is 14.4 Å². The largest absolute Gasteiger partial charge is 0.273 e. The smallest absolute Gasteiger partial charge is 0.266 e. The molecule has 2 fully saturated rings. The highest BCUT2D eigenvalue weighted by Gasteiger charge is 2.59. The molecule has 6 heteroatoms. The molecule has 2 amide bonds. The van der Waals surface area contributed by atoms with Crippen LogP contribution >= 0.6 is 11.6 Å². The van der Waals surface area contributed by atoms with E-state index in [1.165, 1.54) is 4.90 Å². The van der Waals surface area contributed by atoms with Crippen LogP contribution in [0.2, 0.25) is 5.02 Å². The van der Waals surface area contributed by atoms with Gasteiger partial charge in [-0.25, -0.2) is 9.96 Å². The van der Waals surface area contributed by atoms with Crippen molar-refractivity contribution in [2.75, 3.05) is 9.96 Å². The van der Waals surface area contributed by atoms with Crippen LogP contribution in [-0.4, -0.2) is 24.0 Å². The molecule has 4 rings (SSSR count). The third-order valence-corrected chi connectivity index (χ3v) is 5.85. The van der Waals surface area contributed by atoms with Crippen molar-refractivity contribution >= 4 is 34.8 Å². The molecule has 0 N–H and O–H groups in total. The fourth-order valence-electron chi connectivity index (χ4n) is 4.12. The second-order valence-corrected chi connectivity index (χ2v) is 8.21. The molecule has 3 atom stereocenters. The SMILES string of the molecule is Cc1c(Cl)cccc1N1C(=O)C2ON(c3ccccc3)C(CC(C)C)C2C1=O. The minimum Gasteiger partial charge on any atom is -0.273 e. The van der Waals surface area contributed by atoms with Gasteiger partial charge in [-0.3, -0.25) is 14.4 Å². The molecule has 2 aromatic rings. The topological polar surface area (TPSA) is 49.9 Å². The Hall–Kier alpha value is -2.37. The average molecular weight is 399 g/mol. The number of halogens is 1. The number of carbonyl (C=O) groups excluding carboxylic acids is 2. The Morgan fingerprint density at radius 3 is 2.43 bits per heavy atom. The fraction of sp³-hybridized carbons (Fsp3) is 0.364. The Labute approximate surface area is 169 Å². The number of anilines is 2. The van der Waals surface area contributed by atoms with Gasteiger partial charge < -0.3 is 0 Å². The normalized spacial score (nSPS) is 24.4. The first-order valence-corrected chi connectivity index (χ1v) is 9.92. The van der Waals surface area contributed by atoms with Gasteiger partial charge in [0.05, 0.1) is 23.3 Å². The number of nitrogens with zero attached hydrogens (tertiary/aromatic N) is 2. The third-order valence-electron chi connectivity index (χ3n) is 5.44. The summed E-state index contributed by atoms with van der Waals surface area (Å²) in [5.41, 5.74) is 2.11. The van der Waals surface area contributed by atoms with Crippen molar-refractivity contribution in [3.05, 3.63) is 59.1 Å². The fourth-order valence-corrected chi connectivity index (χ4v) is 4.29. The maximum atomic E-state index is 13.4. The quantitative estimate of drug-likeness (QED) is 0.717. The number of hydrogen-bond acceptors (Lipinski definition) is 4. The van der Waals surface area contributed by atoms with E-state index in [-0.39, 0.29) is 17.9 Å². The van der Waals surface area contributed by atoms with E-state index in [1.807, 2.05) is 37.3 Å². The Kier molecular flexibility index (Phi) is 4.89. The van der Waals surface area contributed by atoms with Crippen LogP contribution in [0.5, 0.6) is 0 Å². The zero-order valence-corrected chi connectivity index (χ0v) is 16.9. The highest BCUT2D eigenvalue weighted by atomic mass is 35.5. The Morgan fingerprint density at radius 1 is 1.04 bits per heavy atom. The van der Waals surface area contributed by atoms with Crippen LogP contribution in [0.15, 0.2) is 48.5 Å². The standard InChI is InChI=1S/C22H23ClN2O3/c1-13(2)12-18-19-20(28-25(18)15-8-5-4-6-9-15)22(27)24(21(19)26)17-11-7-10-16(23)14(17)3/h4-11,13,18-20H,12H2,1-3H3. The summed E-state index contributed by atoms with van der Waals surface area (Å²) < 4.78 is 0. The van der Waals surface area contributed by atoms with E-state index >= 15 is 0 Å². The average Bonchev–Trinajstić information content (AvgIpc) is 3.15. The lowest BCUT2D eigenvalue weighted by atomic mass is 9.90. The maximum absolute atomic E-state index is 13.4. The predicted octanol–water partition coefficient (Wildman–Crippen LogP) is 4.37. The second kappa shape index (κ2) is 7.22. The molecular formula is C22H23ClN2O3. The number of para-hydroxylation sites is 1. The van der Waals surface area contributed by atoms with Crippen molar-refractivity contribution in [1.82, 2.24) is 0 Å². The lowest BCUT2D eigenvalue weighted by molar-refractivity contribution is -0.126. The zero-order chi connectivity index (χ0) is 20.0. The van der Waals surface area contributed by atoms with E-state index in [0.717, 1.165) is 12.1 Å². The Bertz CT molecular complexity index is 915. The van der Waals surface area contributed by atoms with Crippen molar-refractivity contribution < 1.29 is 14.4 Å². The highest BCUT2D eigenvalue weighted by Crippen LogP contribution is 2.43. The molecule has 2 saturated heterocycles. The molecule has 5 nitrogen and oxygen atoms in total. The first-order chi connectivity index (χ1) is 13.4. The molecule has 0 aromatic heterocycles. The molecule has 0 aliphatic carbocycles. The van der Waals surface area contributed by atoms with Crippen molar-refractivity contribution in [3.63, 3.8) is 0 Å². The first-order valence-electron chi connectivity index (χ1n) is 9.54. The van der Waals surface area contributed by atoms with Gasteiger partial charge in [0.2, 0.25) is 5.91 Å². The van der Waals surface area contributed by atoms with Gasteiger partial charge in [0.15, 0.2) is 6.10 Å². The summed E-state index contributed by atoms with van der Waals surface area (Å²) in [5.74, 6) is -0.728. The van der Waals surface area contributed by atoms with Gasteiger partial charge in [-0.05, 0) is 49.1 Å². The second-order valence-electron chi connectivity index (χ2n) is 7.81. The lowest BCUT2D eigenvalue weighted by Gasteiger charge is -2.29. The van der Waals surface area contributed by atoms with Crippen LogP contribution < -0.4 is 9.96 Å².